The first-order chi connectivity index (χ1) is 16.1. The molecule has 1 fully saturated rings. The Kier molecular flexibility index (Phi) is 6.53. The molecule has 2 aromatic carbocycles. The van der Waals surface area contributed by atoms with Crippen molar-refractivity contribution in [3.63, 3.8) is 0 Å². The van der Waals surface area contributed by atoms with Gasteiger partial charge in [0, 0.05) is 17.8 Å². The van der Waals surface area contributed by atoms with Crippen molar-refractivity contribution in [2.24, 2.45) is 0 Å². The summed E-state index contributed by atoms with van der Waals surface area (Å²) in [6.45, 7) is 9.29. The van der Waals surface area contributed by atoms with Gasteiger partial charge in [-0.1, -0.05) is 25.1 Å². The topological polar surface area (TPSA) is 69.7 Å². The maximum Gasteiger partial charge on any atom is 0.294 e. The second-order valence-electron chi connectivity index (χ2n) is 9.28. The number of fused-ring (bicyclic) bond motifs is 1. The number of amides is 3. The Morgan fingerprint density at radius 2 is 1.97 bits per heavy atom. The standard InChI is InChI=1S/C26H28FN3O3S/c1-5-30-21-11-10-17(12-18(21)16(2)14-26(30,3)4)13-22-24(32)29(25(33)34-22)15-23(31)28-20-9-7-6-8-19(20)27/h6-13,16H,5,14-15H2,1-4H3,(H,28,31)/b22-13-. The second kappa shape index (κ2) is 9.25. The molecule has 0 radical (unpaired) electrons. The van der Waals surface area contributed by atoms with Gasteiger partial charge in [-0.25, -0.2) is 4.39 Å². The fourth-order valence-corrected chi connectivity index (χ4v) is 5.72. The van der Waals surface area contributed by atoms with Gasteiger partial charge < -0.3 is 10.2 Å². The number of carbonyl (C=O) groups excluding carboxylic acids is 3. The van der Waals surface area contributed by atoms with Crippen LogP contribution in [0.4, 0.5) is 20.6 Å². The molecule has 178 valence electrons. The third-order valence-corrected chi connectivity index (χ3v) is 7.25. The normalized spacial score (nSPS) is 20.6. The van der Waals surface area contributed by atoms with Crippen molar-refractivity contribution < 1.29 is 18.8 Å². The highest BCUT2D eigenvalue weighted by Gasteiger charge is 2.37. The number of nitrogens with zero attached hydrogens (tertiary/aromatic N) is 2. The van der Waals surface area contributed by atoms with Crippen molar-refractivity contribution in [1.29, 1.82) is 0 Å². The van der Waals surface area contributed by atoms with Gasteiger partial charge in [-0.2, -0.15) is 0 Å². The van der Waals surface area contributed by atoms with Gasteiger partial charge in [-0.15, -0.1) is 0 Å². The molecular weight excluding hydrogens is 453 g/mol. The zero-order chi connectivity index (χ0) is 24.6. The quantitative estimate of drug-likeness (QED) is 0.562. The Hall–Kier alpha value is -3.13. The van der Waals surface area contributed by atoms with Crippen molar-refractivity contribution >= 4 is 46.3 Å². The first-order valence-corrected chi connectivity index (χ1v) is 12.1. The van der Waals surface area contributed by atoms with Crippen molar-refractivity contribution in [2.45, 2.75) is 45.6 Å². The molecule has 2 heterocycles. The fraction of sp³-hybridized carbons (Fsp3) is 0.346. The summed E-state index contributed by atoms with van der Waals surface area (Å²) >= 11 is 0.805. The average molecular weight is 482 g/mol. The Balaban J connectivity index is 1.52. The van der Waals surface area contributed by atoms with Crippen LogP contribution in [0.15, 0.2) is 47.4 Å². The summed E-state index contributed by atoms with van der Waals surface area (Å²) in [4.78, 5) is 41.2. The van der Waals surface area contributed by atoms with Gasteiger partial charge in [-0.05, 0) is 86.3 Å². The van der Waals surface area contributed by atoms with E-state index in [2.05, 4.69) is 50.0 Å². The second-order valence-corrected chi connectivity index (χ2v) is 10.3. The number of nitrogens with one attached hydrogen (secondary N) is 1. The molecule has 0 saturated carbocycles. The van der Waals surface area contributed by atoms with Crippen molar-refractivity contribution in [3.8, 4) is 0 Å². The maximum atomic E-state index is 13.8. The molecule has 2 aromatic rings. The minimum absolute atomic E-state index is 0.00231. The Morgan fingerprint density at radius 1 is 1.24 bits per heavy atom. The van der Waals surface area contributed by atoms with Crippen LogP contribution in [-0.2, 0) is 9.59 Å². The average Bonchev–Trinajstić information content (AvgIpc) is 3.02. The molecular formula is C26H28FN3O3S. The van der Waals surface area contributed by atoms with Gasteiger partial charge in [-0.3, -0.25) is 19.3 Å². The first kappa shape index (κ1) is 24.0. The maximum absolute atomic E-state index is 13.8. The molecule has 2 aliphatic heterocycles. The van der Waals surface area contributed by atoms with E-state index in [1.54, 1.807) is 12.1 Å². The SMILES string of the molecule is CCN1c2ccc(/C=C3\SC(=O)N(CC(=O)Nc4ccccc4F)C3=O)cc2C(C)CC1(C)C. The number of thioether (sulfide) groups is 1. The predicted molar refractivity (Wildman–Crippen MR) is 134 cm³/mol. The van der Waals surface area contributed by atoms with Crippen LogP contribution < -0.4 is 10.2 Å². The molecule has 1 atom stereocenters. The van der Waals surface area contributed by atoms with Crippen LogP contribution in [0.25, 0.3) is 6.08 Å². The van der Waals surface area contributed by atoms with Crippen LogP contribution in [0.5, 0.6) is 0 Å². The van der Waals surface area contributed by atoms with Crippen LogP contribution >= 0.6 is 11.8 Å². The molecule has 34 heavy (non-hydrogen) atoms. The highest BCUT2D eigenvalue weighted by molar-refractivity contribution is 8.18. The van der Waals surface area contributed by atoms with Crippen LogP contribution in [0.1, 0.15) is 51.2 Å². The third-order valence-electron chi connectivity index (χ3n) is 6.35. The van der Waals surface area contributed by atoms with Crippen LogP contribution in [-0.4, -0.2) is 40.6 Å². The monoisotopic (exact) mass is 481 g/mol. The molecule has 2 aliphatic rings. The summed E-state index contributed by atoms with van der Waals surface area (Å²) in [6, 6.07) is 11.8. The zero-order valence-electron chi connectivity index (χ0n) is 19.7. The van der Waals surface area contributed by atoms with E-state index in [-0.39, 0.29) is 16.1 Å². The van der Waals surface area contributed by atoms with E-state index in [1.165, 1.54) is 29.4 Å². The molecule has 3 amide bonds. The Labute approximate surface area is 203 Å². The molecule has 1 unspecified atom stereocenters. The van der Waals surface area contributed by atoms with Crippen molar-refractivity contribution in [1.82, 2.24) is 4.90 Å². The van der Waals surface area contributed by atoms with Gasteiger partial charge in [0.15, 0.2) is 0 Å². The van der Waals surface area contributed by atoms with Crippen LogP contribution in [0.2, 0.25) is 0 Å². The van der Waals surface area contributed by atoms with Crippen LogP contribution in [0, 0.1) is 5.82 Å². The van der Waals surface area contributed by atoms with Gasteiger partial charge >= 0.3 is 0 Å². The Morgan fingerprint density at radius 3 is 2.68 bits per heavy atom. The minimum atomic E-state index is -0.640. The van der Waals surface area contributed by atoms with E-state index in [1.807, 2.05) is 6.07 Å². The number of carbonyl (C=O) groups is 3. The highest BCUT2D eigenvalue weighted by Crippen LogP contribution is 2.44. The molecule has 0 aromatic heterocycles. The summed E-state index contributed by atoms with van der Waals surface area (Å²) in [7, 11) is 0. The summed E-state index contributed by atoms with van der Waals surface area (Å²) in [6.07, 6.45) is 2.72. The van der Waals surface area contributed by atoms with E-state index in [0.29, 0.717) is 5.92 Å². The van der Waals surface area contributed by atoms with E-state index >= 15 is 0 Å². The lowest BCUT2D eigenvalue weighted by atomic mass is 9.79. The van der Waals surface area contributed by atoms with Crippen molar-refractivity contribution in [3.05, 3.63) is 64.3 Å². The lowest BCUT2D eigenvalue weighted by molar-refractivity contribution is -0.127. The molecule has 4 rings (SSSR count). The summed E-state index contributed by atoms with van der Waals surface area (Å²) in [5, 5.41) is 1.88. The number of benzene rings is 2. The lowest BCUT2D eigenvalue weighted by Crippen LogP contribution is -2.48. The van der Waals surface area contributed by atoms with Crippen molar-refractivity contribution in [2.75, 3.05) is 23.3 Å². The smallest absolute Gasteiger partial charge is 0.294 e. The first-order valence-electron chi connectivity index (χ1n) is 11.3. The van der Waals surface area contributed by atoms with Gasteiger partial charge in [0.05, 0.1) is 10.6 Å². The third kappa shape index (κ3) is 4.59. The largest absolute Gasteiger partial charge is 0.366 e. The number of anilines is 2. The lowest BCUT2D eigenvalue weighted by Gasteiger charge is -2.47. The zero-order valence-corrected chi connectivity index (χ0v) is 20.5. The van der Waals surface area contributed by atoms with Crippen LogP contribution in [0.3, 0.4) is 0 Å². The number of halogens is 1. The Bertz CT molecular complexity index is 1190. The summed E-state index contributed by atoms with van der Waals surface area (Å²) in [5.74, 6) is -1.39. The van der Waals surface area contributed by atoms with E-state index < -0.39 is 29.4 Å². The molecule has 0 spiro atoms. The molecule has 0 aliphatic carbocycles. The van der Waals surface area contributed by atoms with Gasteiger partial charge in [0.1, 0.15) is 12.4 Å². The number of hydrogen-bond donors (Lipinski definition) is 1. The highest BCUT2D eigenvalue weighted by atomic mass is 32.2. The summed E-state index contributed by atoms with van der Waals surface area (Å²) < 4.78 is 13.8. The molecule has 1 saturated heterocycles. The number of rotatable bonds is 5. The van der Waals surface area contributed by atoms with Gasteiger partial charge in [0.2, 0.25) is 5.91 Å². The molecule has 1 N–H and O–H groups in total. The van der Waals surface area contributed by atoms with E-state index in [4.69, 9.17) is 0 Å². The fourth-order valence-electron chi connectivity index (χ4n) is 4.88. The predicted octanol–water partition coefficient (Wildman–Crippen LogP) is 5.61. The minimum Gasteiger partial charge on any atom is -0.366 e. The van der Waals surface area contributed by atoms with E-state index in [9.17, 15) is 18.8 Å². The molecule has 6 nitrogen and oxygen atoms in total. The van der Waals surface area contributed by atoms with E-state index in [0.717, 1.165) is 35.2 Å². The number of para-hydroxylation sites is 1. The van der Waals surface area contributed by atoms with Gasteiger partial charge in [0.25, 0.3) is 11.1 Å². The summed E-state index contributed by atoms with van der Waals surface area (Å²) in [5.41, 5.74) is 3.32. The number of imide groups is 1. The molecule has 0 bridgehead atoms. The number of hydrogen-bond acceptors (Lipinski definition) is 5. The molecule has 8 heteroatoms.